The van der Waals surface area contributed by atoms with E-state index in [0.717, 1.165) is 0 Å². The van der Waals surface area contributed by atoms with Gasteiger partial charge in [0.2, 0.25) is 0 Å². The van der Waals surface area contributed by atoms with Crippen LogP contribution in [-0.2, 0) is 17.8 Å². The molecular weight excluding hydrogens is 494 g/mol. The third-order valence-corrected chi connectivity index (χ3v) is 7.65. The number of likely N-dealkylation sites (tertiary alicyclic amines) is 1. The molecular formula is C25H27ClF2N4O2S. The number of piperidine rings is 1. The second-order valence-corrected chi connectivity index (χ2v) is 10.6. The fraction of sp³-hybridized carbons (Fsp3) is 0.400. The normalized spacial score (nSPS) is 20.8. The van der Waals surface area contributed by atoms with Crippen molar-refractivity contribution in [2.24, 2.45) is 11.3 Å². The highest BCUT2D eigenvalue weighted by Gasteiger charge is 2.47. The van der Waals surface area contributed by atoms with E-state index in [1.54, 1.807) is 23.7 Å². The number of nitrogens with zero attached hydrogens (tertiary/aromatic N) is 3. The van der Waals surface area contributed by atoms with Crippen LogP contribution in [0.1, 0.15) is 37.9 Å². The summed E-state index contributed by atoms with van der Waals surface area (Å²) in [5, 5.41) is 15.8. The predicted octanol–water partition coefficient (Wildman–Crippen LogP) is 6.15. The number of nitrogens with one attached hydrogen (secondary N) is 1. The summed E-state index contributed by atoms with van der Waals surface area (Å²) in [4.78, 5) is 23.2. The van der Waals surface area contributed by atoms with Crippen molar-refractivity contribution in [1.29, 1.82) is 0 Å². The summed E-state index contributed by atoms with van der Waals surface area (Å²) in [6, 6.07) is 7.57. The number of aromatic nitrogens is 2. The molecule has 1 aliphatic rings. The van der Waals surface area contributed by atoms with Crippen LogP contribution in [0.25, 0.3) is 0 Å². The van der Waals surface area contributed by atoms with Crippen molar-refractivity contribution in [3.05, 3.63) is 69.8 Å². The lowest BCUT2D eigenvalue weighted by Gasteiger charge is -2.46. The Balaban J connectivity index is 1.58. The minimum Gasteiger partial charge on any atom is -0.481 e. The number of carbonyl (C=O) groups is 1. The topological polar surface area (TPSA) is 78.3 Å². The minimum atomic E-state index is -1.19. The molecule has 186 valence electrons. The molecule has 2 N–H and O–H groups in total. The van der Waals surface area contributed by atoms with Gasteiger partial charge in [0.25, 0.3) is 0 Å². The van der Waals surface area contributed by atoms with Crippen molar-refractivity contribution in [3.8, 4) is 0 Å². The number of carboxylic acids is 1. The quantitative estimate of drug-likeness (QED) is 0.371. The molecule has 10 heteroatoms. The number of hydrogen-bond acceptors (Lipinski definition) is 6. The van der Waals surface area contributed by atoms with Crippen LogP contribution in [0.5, 0.6) is 0 Å². The summed E-state index contributed by atoms with van der Waals surface area (Å²) >= 11 is 7.34. The Morgan fingerprint density at radius 2 is 2.14 bits per heavy atom. The number of aliphatic carboxylic acids is 1. The number of halogens is 3. The molecule has 2 unspecified atom stereocenters. The van der Waals surface area contributed by atoms with Crippen LogP contribution >= 0.6 is 22.9 Å². The Labute approximate surface area is 212 Å². The Kier molecular flexibility index (Phi) is 7.68. The first-order valence-corrected chi connectivity index (χ1v) is 12.7. The van der Waals surface area contributed by atoms with Gasteiger partial charge in [0, 0.05) is 36.1 Å². The van der Waals surface area contributed by atoms with E-state index in [1.165, 1.54) is 29.5 Å². The van der Waals surface area contributed by atoms with Gasteiger partial charge >= 0.3 is 5.97 Å². The number of hydrogen-bond donors (Lipinski definition) is 2. The standard InChI is InChI=1S/C25H27ClF2N4O2S/c1-15(2)20-13-25(23(33)34,8-10-32(20)14-16-4-3-5-17(26)22(16)28)12-19-18(27)6-7-21(30-19)31-24-29-9-11-35-24/h3-7,9,11,15,20H,8,10,12-14H2,1-2H3,(H,33,34)(H,29,30,31). The maximum Gasteiger partial charge on any atom is 0.310 e. The molecule has 1 fully saturated rings. The lowest BCUT2D eigenvalue weighted by molar-refractivity contribution is -0.154. The van der Waals surface area contributed by atoms with Crippen molar-refractivity contribution in [3.63, 3.8) is 0 Å². The number of rotatable bonds is 8. The summed E-state index contributed by atoms with van der Waals surface area (Å²) in [6.07, 6.45) is 2.20. The Bertz CT molecular complexity index is 1190. The molecule has 1 aromatic carbocycles. The molecule has 0 bridgehead atoms. The number of anilines is 2. The zero-order valence-corrected chi connectivity index (χ0v) is 21.0. The second kappa shape index (κ2) is 10.6. The van der Waals surface area contributed by atoms with Crippen LogP contribution in [0.4, 0.5) is 19.7 Å². The van der Waals surface area contributed by atoms with Crippen LogP contribution in [0, 0.1) is 23.0 Å². The van der Waals surface area contributed by atoms with E-state index in [0.29, 0.717) is 42.4 Å². The largest absolute Gasteiger partial charge is 0.481 e. The van der Waals surface area contributed by atoms with E-state index < -0.39 is 23.0 Å². The minimum absolute atomic E-state index is 0.0376. The average molecular weight is 521 g/mol. The smallest absolute Gasteiger partial charge is 0.310 e. The van der Waals surface area contributed by atoms with E-state index >= 15 is 0 Å². The number of pyridine rings is 1. The molecule has 1 aliphatic heterocycles. The SMILES string of the molecule is CC(C)C1CC(Cc2nc(Nc3nccs3)ccc2F)(C(=O)O)CCN1Cc1cccc(Cl)c1F. The third-order valence-electron chi connectivity index (χ3n) is 6.67. The Morgan fingerprint density at radius 3 is 2.83 bits per heavy atom. The highest BCUT2D eigenvalue weighted by atomic mass is 35.5. The van der Waals surface area contributed by atoms with Crippen LogP contribution in [0.3, 0.4) is 0 Å². The van der Waals surface area contributed by atoms with Gasteiger partial charge in [-0.1, -0.05) is 37.6 Å². The molecule has 0 amide bonds. The van der Waals surface area contributed by atoms with Crippen LogP contribution < -0.4 is 5.32 Å². The molecule has 3 heterocycles. The predicted molar refractivity (Wildman–Crippen MR) is 133 cm³/mol. The lowest BCUT2D eigenvalue weighted by Crippen LogP contribution is -2.52. The van der Waals surface area contributed by atoms with E-state index in [-0.39, 0.29) is 29.1 Å². The van der Waals surface area contributed by atoms with E-state index in [1.807, 2.05) is 13.8 Å². The molecule has 0 spiro atoms. The van der Waals surface area contributed by atoms with Gasteiger partial charge in [0.1, 0.15) is 17.5 Å². The molecule has 0 saturated carbocycles. The summed E-state index contributed by atoms with van der Waals surface area (Å²) in [5.41, 5.74) is -0.614. The van der Waals surface area contributed by atoms with Crippen molar-refractivity contribution in [2.45, 2.75) is 45.7 Å². The fourth-order valence-corrected chi connectivity index (χ4v) is 5.45. The summed E-state index contributed by atoms with van der Waals surface area (Å²) < 4.78 is 29.3. The molecule has 2 atom stereocenters. The second-order valence-electron chi connectivity index (χ2n) is 9.30. The van der Waals surface area contributed by atoms with Crippen molar-refractivity contribution >= 4 is 39.9 Å². The summed E-state index contributed by atoms with van der Waals surface area (Å²) in [5.74, 6) is -1.46. The van der Waals surface area contributed by atoms with Crippen LogP contribution in [-0.4, -0.2) is 38.5 Å². The summed E-state index contributed by atoms with van der Waals surface area (Å²) in [7, 11) is 0. The first-order valence-electron chi connectivity index (χ1n) is 11.4. The van der Waals surface area contributed by atoms with Gasteiger partial charge in [-0.3, -0.25) is 9.69 Å². The highest BCUT2D eigenvalue weighted by molar-refractivity contribution is 7.13. The van der Waals surface area contributed by atoms with Gasteiger partial charge in [-0.15, -0.1) is 11.3 Å². The molecule has 1 saturated heterocycles. The molecule has 0 aliphatic carbocycles. The maximum atomic E-state index is 14.8. The van der Waals surface area contributed by atoms with Crippen molar-refractivity contribution in [2.75, 3.05) is 11.9 Å². The van der Waals surface area contributed by atoms with Gasteiger partial charge in [-0.2, -0.15) is 0 Å². The Hall–Kier alpha value is -2.62. The molecule has 3 aromatic rings. The Morgan fingerprint density at radius 1 is 1.34 bits per heavy atom. The monoisotopic (exact) mass is 520 g/mol. The van der Waals surface area contributed by atoms with Gasteiger partial charge in [-0.05, 0) is 43.5 Å². The molecule has 6 nitrogen and oxygen atoms in total. The van der Waals surface area contributed by atoms with Gasteiger partial charge in [0.15, 0.2) is 5.13 Å². The molecule has 2 aromatic heterocycles. The first-order chi connectivity index (χ1) is 16.7. The maximum absolute atomic E-state index is 14.8. The van der Waals surface area contributed by atoms with E-state index in [9.17, 15) is 18.7 Å². The van der Waals surface area contributed by atoms with Crippen molar-refractivity contribution in [1.82, 2.24) is 14.9 Å². The summed E-state index contributed by atoms with van der Waals surface area (Å²) in [6.45, 7) is 4.78. The van der Waals surface area contributed by atoms with Crippen LogP contribution in [0.2, 0.25) is 5.02 Å². The zero-order valence-electron chi connectivity index (χ0n) is 19.5. The van der Waals surface area contributed by atoms with Crippen LogP contribution in [0.15, 0.2) is 41.9 Å². The zero-order chi connectivity index (χ0) is 25.2. The number of thiazole rings is 1. The van der Waals surface area contributed by atoms with Crippen molar-refractivity contribution < 1.29 is 18.7 Å². The van der Waals surface area contributed by atoms with Gasteiger partial charge < -0.3 is 10.4 Å². The molecule has 35 heavy (non-hydrogen) atoms. The van der Waals surface area contributed by atoms with Gasteiger partial charge in [-0.25, -0.2) is 18.7 Å². The number of carboxylic acid groups (broad SMARTS) is 1. The van der Waals surface area contributed by atoms with Gasteiger partial charge in [0.05, 0.1) is 16.1 Å². The lowest BCUT2D eigenvalue weighted by atomic mass is 9.70. The van der Waals surface area contributed by atoms with E-state index in [2.05, 4.69) is 20.2 Å². The number of benzene rings is 1. The van der Waals surface area contributed by atoms with E-state index in [4.69, 9.17) is 11.6 Å². The third kappa shape index (κ3) is 5.63. The highest BCUT2D eigenvalue weighted by Crippen LogP contribution is 2.41. The first kappa shape index (κ1) is 25.5. The molecule has 0 radical (unpaired) electrons. The average Bonchev–Trinajstić information content (AvgIpc) is 3.33. The molecule has 4 rings (SSSR count). The fourth-order valence-electron chi connectivity index (χ4n) is 4.72.